The Labute approximate surface area is 145 Å². The van der Waals surface area contributed by atoms with Gasteiger partial charge in [-0.3, -0.25) is 9.48 Å². The van der Waals surface area contributed by atoms with Crippen LogP contribution in [0.25, 0.3) is 0 Å². The van der Waals surface area contributed by atoms with Crippen molar-refractivity contribution in [3.8, 4) is 0 Å². The van der Waals surface area contributed by atoms with Crippen LogP contribution >= 0.6 is 11.8 Å². The number of nitrogens with zero attached hydrogens (tertiary/aromatic N) is 2. The van der Waals surface area contributed by atoms with Gasteiger partial charge in [-0.05, 0) is 37.1 Å². The molecule has 0 saturated heterocycles. The predicted molar refractivity (Wildman–Crippen MR) is 81.3 cm³/mol. The van der Waals surface area contributed by atoms with Gasteiger partial charge in [-0.15, -0.1) is 0 Å². The lowest BCUT2D eigenvalue weighted by Gasteiger charge is -2.09. The Morgan fingerprint density at radius 1 is 1.32 bits per heavy atom. The fraction of sp³-hybridized carbons (Fsp3) is 0.375. The van der Waals surface area contributed by atoms with Crippen LogP contribution in [-0.2, 0) is 29.4 Å². The Morgan fingerprint density at radius 2 is 1.96 bits per heavy atom. The minimum atomic E-state index is -4.67. The second kappa shape index (κ2) is 6.70. The maximum absolute atomic E-state index is 13.3. The third-order valence-electron chi connectivity index (χ3n) is 3.65. The van der Waals surface area contributed by atoms with Crippen LogP contribution in [-0.4, -0.2) is 15.7 Å². The van der Waals surface area contributed by atoms with E-state index in [0.29, 0.717) is 17.7 Å². The Bertz CT molecular complexity index is 783. The molecule has 0 amide bonds. The molecule has 4 nitrogen and oxygen atoms in total. The van der Waals surface area contributed by atoms with Gasteiger partial charge in [-0.25, -0.2) is 4.39 Å². The van der Waals surface area contributed by atoms with Gasteiger partial charge in [0.1, 0.15) is 17.5 Å². The van der Waals surface area contributed by atoms with Gasteiger partial charge in [-0.1, -0.05) is 11.8 Å². The van der Waals surface area contributed by atoms with E-state index in [9.17, 15) is 22.4 Å². The predicted octanol–water partition coefficient (Wildman–Crippen LogP) is 4.18. The lowest BCUT2D eigenvalue weighted by molar-refractivity contribution is -0.150. The highest BCUT2D eigenvalue weighted by Crippen LogP contribution is 2.39. The summed E-state index contributed by atoms with van der Waals surface area (Å²) < 4.78 is 58.9. The molecular weight excluding hydrogens is 360 g/mol. The number of halogens is 4. The molecule has 1 saturated carbocycles. The molecule has 134 valence electrons. The van der Waals surface area contributed by atoms with Crippen LogP contribution in [0.15, 0.2) is 34.2 Å². The van der Waals surface area contributed by atoms with E-state index in [1.165, 1.54) is 31.3 Å². The zero-order chi connectivity index (χ0) is 18.2. The summed E-state index contributed by atoms with van der Waals surface area (Å²) in [5.41, 5.74) is -1.28. The number of ether oxygens (including phenoxy) is 1. The van der Waals surface area contributed by atoms with Crippen LogP contribution in [0.1, 0.15) is 24.1 Å². The van der Waals surface area contributed by atoms with E-state index in [0.717, 1.165) is 16.4 Å². The van der Waals surface area contributed by atoms with Crippen LogP contribution < -0.4 is 0 Å². The number of hydrogen-bond donors (Lipinski definition) is 0. The first-order chi connectivity index (χ1) is 11.8. The fourth-order valence-corrected chi connectivity index (χ4v) is 3.18. The van der Waals surface area contributed by atoms with Crippen molar-refractivity contribution in [2.24, 2.45) is 13.0 Å². The lowest BCUT2D eigenvalue weighted by atomic mass is 10.2. The Morgan fingerprint density at radius 3 is 2.52 bits per heavy atom. The van der Waals surface area contributed by atoms with Gasteiger partial charge >= 0.3 is 12.1 Å². The Balaban J connectivity index is 1.90. The highest BCUT2D eigenvalue weighted by atomic mass is 32.2. The molecule has 0 unspecified atom stereocenters. The van der Waals surface area contributed by atoms with E-state index in [1.807, 2.05) is 0 Å². The molecule has 0 atom stereocenters. The quantitative estimate of drug-likeness (QED) is 0.582. The first-order valence-corrected chi connectivity index (χ1v) is 8.30. The van der Waals surface area contributed by atoms with Gasteiger partial charge in [0, 0.05) is 11.9 Å². The molecule has 1 aliphatic carbocycles. The number of aromatic nitrogens is 2. The number of rotatable bonds is 5. The molecule has 0 bridgehead atoms. The molecule has 1 aromatic heterocycles. The maximum Gasteiger partial charge on any atom is 0.435 e. The Hall–Kier alpha value is -2.03. The summed E-state index contributed by atoms with van der Waals surface area (Å²) in [6.45, 7) is -0.498. The summed E-state index contributed by atoms with van der Waals surface area (Å²) in [5.74, 6) is -1.14. The van der Waals surface area contributed by atoms with E-state index in [2.05, 4.69) is 5.10 Å². The number of carbonyl (C=O) groups excluding carboxylic acids is 1. The summed E-state index contributed by atoms with van der Waals surface area (Å²) in [6, 6.07) is 5.35. The normalized spacial score (nSPS) is 14.6. The van der Waals surface area contributed by atoms with Gasteiger partial charge in [0.15, 0.2) is 5.69 Å². The zero-order valence-corrected chi connectivity index (χ0v) is 14.0. The molecule has 0 radical (unpaired) electrons. The third-order valence-corrected chi connectivity index (χ3v) is 4.87. The van der Waals surface area contributed by atoms with Gasteiger partial charge in [0.2, 0.25) is 0 Å². The summed E-state index contributed by atoms with van der Waals surface area (Å²) in [7, 11) is 1.38. The van der Waals surface area contributed by atoms with E-state index in [-0.39, 0.29) is 16.5 Å². The average Bonchev–Trinajstić information content (AvgIpc) is 3.33. The summed E-state index contributed by atoms with van der Waals surface area (Å²) in [6.07, 6.45) is -3.26. The molecular formula is C16H14F4N2O2S. The van der Waals surface area contributed by atoms with Gasteiger partial charge in [0.05, 0.1) is 11.5 Å². The smallest absolute Gasteiger partial charge is 0.435 e. The molecule has 1 heterocycles. The van der Waals surface area contributed by atoms with Crippen molar-refractivity contribution in [3.63, 3.8) is 0 Å². The van der Waals surface area contributed by atoms with Crippen molar-refractivity contribution in [2.45, 2.75) is 35.5 Å². The van der Waals surface area contributed by atoms with E-state index in [1.54, 1.807) is 0 Å². The van der Waals surface area contributed by atoms with E-state index >= 15 is 0 Å². The number of esters is 1. The maximum atomic E-state index is 13.3. The molecule has 2 aromatic rings. The molecule has 0 aliphatic heterocycles. The first-order valence-electron chi connectivity index (χ1n) is 7.49. The standard InChI is InChI=1S/C16H14F4N2O2S/c1-22-14(25-11-6-4-10(17)5-7-11)12(13(21-22)16(18,19)20)8-24-15(23)9-2-3-9/h4-7,9H,2-3,8H2,1H3. The van der Waals surface area contributed by atoms with Crippen molar-refractivity contribution in [1.82, 2.24) is 9.78 Å². The first kappa shape index (κ1) is 17.8. The van der Waals surface area contributed by atoms with Gasteiger partial charge < -0.3 is 4.74 Å². The molecule has 0 spiro atoms. The summed E-state index contributed by atoms with van der Waals surface area (Å²) >= 11 is 1.00. The lowest BCUT2D eigenvalue weighted by Crippen LogP contribution is -2.12. The van der Waals surface area contributed by atoms with E-state index in [4.69, 9.17) is 4.74 Å². The molecule has 1 aromatic carbocycles. The largest absolute Gasteiger partial charge is 0.460 e. The molecule has 1 aliphatic rings. The van der Waals surface area contributed by atoms with Crippen molar-refractivity contribution < 1.29 is 27.1 Å². The van der Waals surface area contributed by atoms with Crippen molar-refractivity contribution in [3.05, 3.63) is 41.3 Å². The highest BCUT2D eigenvalue weighted by Gasteiger charge is 2.40. The van der Waals surface area contributed by atoms with Crippen molar-refractivity contribution in [2.75, 3.05) is 0 Å². The molecule has 0 N–H and O–H groups in total. The number of alkyl halides is 3. The number of carbonyl (C=O) groups is 1. The number of hydrogen-bond acceptors (Lipinski definition) is 4. The molecule has 3 rings (SSSR count). The highest BCUT2D eigenvalue weighted by molar-refractivity contribution is 7.99. The average molecular weight is 374 g/mol. The fourth-order valence-electron chi connectivity index (χ4n) is 2.23. The number of benzene rings is 1. The molecule has 9 heteroatoms. The van der Waals surface area contributed by atoms with E-state index < -0.39 is 30.3 Å². The van der Waals surface area contributed by atoms with Gasteiger partial charge in [-0.2, -0.15) is 18.3 Å². The SMILES string of the molecule is Cn1nc(C(F)(F)F)c(COC(=O)C2CC2)c1Sc1ccc(F)cc1. The molecule has 1 fully saturated rings. The second-order valence-corrected chi connectivity index (χ2v) is 6.75. The topological polar surface area (TPSA) is 44.1 Å². The summed E-state index contributed by atoms with van der Waals surface area (Å²) in [5, 5.41) is 3.74. The monoisotopic (exact) mass is 374 g/mol. The van der Waals surface area contributed by atoms with Crippen LogP contribution in [0.4, 0.5) is 17.6 Å². The van der Waals surface area contributed by atoms with Gasteiger partial charge in [0.25, 0.3) is 0 Å². The number of aryl methyl sites for hydroxylation is 1. The molecule has 25 heavy (non-hydrogen) atoms. The summed E-state index contributed by atoms with van der Waals surface area (Å²) in [4.78, 5) is 12.2. The third kappa shape index (κ3) is 4.15. The van der Waals surface area contributed by atoms with Crippen molar-refractivity contribution >= 4 is 17.7 Å². The van der Waals surface area contributed by atoms with Crippen LogP contribution in [0.3, 0.4) is 0 Å². The second-order valence-electron chi connectivity index (χ2n) is 5.69. The van der Waals surface area contributed by atoms with Crippen molar-refractivity contribution in [1.29, 1.82) is 0 Å². The van der Waals surface area contributed by atoms with Crippen LogP contribution in [0, 0.1) is 11.7 Å². The Kier molecular flexibility index (Phi) is 4.77. The minimum absolute atomic E-state index is 0.196. The van der Waals surface area contributed by atoms with Crippen LogP contribution in [0.2, 0.25) is 0 Å². The minimum Gasteiger partial charge on any atom is -0.460 e. The van der Waals surface area contributed by atoms with Crippen LogP contribution in [0.5, 0.6) is 0 Å². The zero-order valence-electron chi connectivity index (χ0n) is 13.1.